The van der Waals surface area contributed by atoms with Crippen LogP contribution in [0, 0.1) is 0 Å². The van der Waals surface area contributed by atoms with E-state index < -0.39 is 11.5 Å². The average Bonchev–Trinajstić information content (AvgIpc) is 2.53. The minimum atomic E-state index is -0.616. The molecule has 7 heteroatoms. The molecule has 0 bridgehead atoms. The highest BCUT2D eigenvalue weighted by molar-refractivity contribution is 6.02. The van der Waals surface area contributed by atoms with Crippen LogP contribution in [-0.4, -0.2) is 46.9 Å². The highest BCUT2D eigenvalue weighted by atomic mass is 16.3. The van der Waals surface area contributed by atoms with Crippen molar-refractivity contribution in [2.24, 2.45) is 7.05 Å². The molecular weight excluding hydrogens is 286 g/mol. The number of hydrogen-bond donors (Lipinski definition) is 4. The van der Waals surface area contributed by atoms with Crippen molar-refractivity contribution >= 4 is 16.8 Å². The lowest BCUT2D eigenvalue weighted by Gasteiger charge is -2.12. The standard InChI is InChI=1S/C15H19N3O4/c1-18-11-5-3-2-4-10(11)13(20)12(15(18)22)14(21)17-7-6-16-8-9-19/h2-5,16,19-20H,6-9H2,1H3,(H,17,21). The number of aromatic nitrogens is 1. The van der Waals surface area contributed by atoms with Crippen LogP contribution in [0.1, 0.15) is 10.4 Å². The first-order valence-electron chi connectivity index (χ1n) is 6.98. The van der Waals surface area contributed by atoms with Gasteiger partial charge < -0.3 is 25.4 Å². The number of benzene rings is 1. The first kappa shape index (κ1) is 16.0. The van der Waals surface area contributed by atoms with E-state index in [0.717, 1.165) is 0 Å². The van der Waals surface area contributed by atoms with Crippen LogP contribution < -0.4 is 16.2 Å². The molecule has 118 valence electrons. The second kappa shape index (κ2) is 7.06. The summed E-state index contributed by atoms with van der Waals surface area (Å²) in [5.74, 6) is -0.922. The Morgan fingerprint density at radius 3 is 2.68 bits per heavy atom. The zero-order valence-corrected chi connectivity index (χ0v) is 12.3. The lowest BCUT2D eigenvalue weighted by Crippen LogP contribution is -2.36. The van der Waals surface area contributed by atoms with Crippen molar-refractivity contribution in [3.05, 3.63) is 40.2 Å². The molecule has 0 radical (unpaired) electrons. The van der Waals surface area contributed by atoms with Gasteiger partial charge in [0.25, 0.3) is 11.5 Å². The van der Waals surface area contributed by atoms with E-state index in [1.165, 1.54) is 4.57 Å². The zero-order valence-electron chi connectivity index (χ0n) is 12.3. The number of amides is 1. The molecule has 0 saturated heterocycles. The van der Waals surface area contributed by atoms with Gasteiger partial charge in [0.1, 0.15) is 11.3 Å². The number of carbonyl (C=O) groups excluding carboxylic acids is 1. The maximum Gasteiger partial charge on any atom is 0.267 e. The summed E-state index contributed by atoms with van der Waals surface area (Å²) in [5.41, 5.74) is -0.244. The van der Waals surface area contributed by atoms with E-state index in [1.54, 1.807) is 31.3 Å². The Labute approximate surface area is 127 Å². The topological polar surface area (TPSA) is 104 Å². The molecule has 0 aliphatic rings. The first-order chi connectivity index (χ1) is 10.6. The van der Waals surface area contributed by atoms with Gasteiger partial charge in [-0.2, -0.15) is 0 Å². The van der Waals surface area contributed by atoms with Crippen molar-refractivity contribution in [2.75, 3.05) is 26.2 Å². The van der Waals surface area contributed by atoms with Crippen LogP contribution in [0.3, 0.4) is 0 Å². The highest BCUT2D eigenvalue weighted by Crippen LogP contribution is 2.25. The first-order valence-corrected chi connectivity index (χ1v) is 6.98. The van der Waals surface area contributed by atoms with Crippen LogP contribution >= 0.6 is 0 Å². The number of para-hydroxylation sites is 1. The number of rotatable bonds is 6. The van der Waals surface area contributed by atoms with Gasteiger partial charge in [-0.15, -0.1) is 0 Å². The molecule has 0 saturated carbocycles. The van der Waals surface area contributed by atoms with Gasteiger partial charge in [-0.25, -0.2) is 0 Å². The second-order valence-electron chi connectivity index (χ2n) is 4.83. The Morgan fingerprint density at radius 2 is 1.95 bits per heavy atom. The summed E-state index contributed by atoms with van der Waals surface area (Å²) in [5, 5.41) is 24.8. The summed E-state index contributed by atoms with van der Waals surface area (Å²) in [6, 6.07) is 6.85. The third-order valence-electron chi connectivity index (χ3n) is 3.38. The fraction of sp³-hybridized carbons (Fsp3) is 0.333. The van der Waals surface area contributed by atoms with Crippen molar-refractivity contribution < 1.29 is 15.0 Å². The maximum atomic E-state index is 12.3. The normalized spacial score (nSPS) is 10.8. The summed E-state index contributed by atoms with van der Waals surface area (Å²) in [7, 11) is 1.56. The number of aliphatic hydroxyl groups is 1. The van der Waals surface area contributed by atoms with E-state index in [2.05, 4.69) is 10.6 Å². The monoisotopic (exact) mass is 305 g/mol. The molecule has 0 unspecified atom stereocenters. The molecule has 1 heterocycles. The Morgan fingerprint density at radius 1 is 1.23 bits per heavy atom. The molecule has 1 aromatic heterocycles. The molecule has 0 aliphatic carbocycles. The number of nitrogens with zero attached hydrogens (tertiary/aromatic N) is 1. The lowest BCUT2D eigenvalue weighted by molar-refractivity contribution is 0.0949. The SMILES string of the molecule is Cn1c(=O)c(C(=O)NCCNCCO)c(O)c2ccccc21. The maximum absolute atomic E-state index is 12.3. The van der Waals surface area contributed by atoms with E-state index in [-0.39, 0.29) is 24.5 Å². The molecule has 0 fully saturated rings. The van der Waals surface area contributed by atoms with Gasteiger partial charge in [0, 0.05) is 32.1 Å². The van der Waals surface area contributed by atoms with Crippen LogP contribution in [0.25, 0.3) is 10.9 Å². The lowest BCUT2D eigenvalue weighted by atomic mass is 10.1. The van der Waals surface area contributed by atoms with E-state index in [4.69, 9.17) is 5.11 Å². The molecular formula is C15H19N3O4. The molecule has 4 N–H and O–H groups in total. The van der Waals surface area contributed by atoms with E-state index in [9.17, 15) is 14.7 Å². The molecule has 0 aliphatic heterocycles. The fourth-order valence-corrected chi connectivity index (χ4v) is 2.24. The summed E-state index contributed by atoms with van der Waals surface area (Å²) >= 11 is 0. The van der Waals surface area contributed by atoms with Gasteiger partial charge in [-0.05, 0) is 12.1 Å². The number of carbonyl (C=O) groups is 1. The molecule has 2 rings (SSSR count). The minimum absolute atomic E-state index is 0.0138. The Bertz CT molecular complexity index is 739. The van der Waals surface area contributed by atoms with Crippen LogP contribution in [0.15, 0.2) is 29.1 Å². The van der Waals surface area contributed by atoms with E-state index in [1.807, 2.05) is 0 Å². The molecule has 2 aromatic rings. The summed E-state index contributed by atoms with van der Waals surface area (Å²) in [6.07, 6.45) is 0. The number of fused-ring (bicyclic) bond motifs is 1. The van der Waals surface area contributed by atoms with E-state index >= 15 is 0 Å². The van der Waals surface area contributed by atoms with Gasteiger partial charge in [-0.3, -0.25) is 9.59 Å². The van der Waals surface area contributed by atoms with Crippen molar-refractivity contribution in [1.82, 2.24) is 15.2 Å². The number of aromatic hydroxyl groups is 1. The van der Waals surface area contributed by atoms with Crippen molar-refractivity contribution in [3.8, 4) is 5.75 Å². The quantitative estimate of drug-likeness (QED) is 0.542. The number of pyridine rings is 1. The fourth-order valence-electron chi connectivity index (χ4n) is 2.24. The van der Waals surface area contributed by atoms with Crippen LogP contribution in [0.2, 0.25) is 0 Å². The summed E-state index contributed by atoms with van der Waals surface area (Å²) < 4.78 is 1.34. The van der Waals surface area contributed by atoms with Crippen LogP contribution in [0.4, 0.5) is 0 Å². The molecule has 1 aromatic carbocycles. The largest absolute Gasteiger partial charge is 0.506 e. The zero-order chi connectivity index (χ0) is 16.1. The Hall–Kier alpha value is -2.38. The molecule has 0 spiro atoms. The van der Waals surface area contributed by atoms with Crippen LogP contribution in [0.5, 0.6) is 5.75 Å². The Balaban J connectivity index is 2.27. The minimum Gasteiger partial charge on any atom is -0.506 e. The number of hydrogen-bond acceptors (Lipinski definition) is 5. The van der Waals surface area contributed by atoms with Gasteiger partial charge in [0.2, 0.25) is 0 Å². The highest BCUT2D eigenvalue weighted by Gasteiger charge is 2.20. The second-order valence-corrected chi connectivity index (χ2v) is 4.83. The predicted molar refractivity (Wildman–Crippen MR) is 83.1 cm³/mol. The molecule has 7 nitrogen and oxygen atoms in total. The third-order valence-corrected chi connectivity index (χ3v) is 3.38. The van der Waals surface area contributed by atoms with E-state index in [0.29, 0.717) is 24.0 Å². The molecule has 0 atom stereocenters. The van der Waals surface area contributed by atoms with Gasteiger partial charge in [0.05, 0.1) is 12.1 Å². The molecule has 22 heavy (non-hydrogen) atoms. The molecule has 1 amide bonds. The third kappa shape index (κ3) is 3.10. The van der Waals surface area contributed by atoms with Crippen molar-refractivity contribution in [2.45, 2.75) is 0 Å². The average molecular weight is 305 g/mol. The number of aryl methyl sites for hydroxylation is 1. The predicted octanol–water partition coefficient (Wildman–Crippen LogP) is -0.444. The Kier molecular flexibility index (Phi) is 5.13. The van der Waals surface area contributed by atoms with Gasteiger partial charge >= 0.3 is 0 Å². The number of aliphatic hydroxyl groups excluding tert-OH is 1. The number of nitrogens with one attached hydrogen (secondary N) is 2. The van der Waals surface area contributed by atoms with Gasteiger partial charge in [0.15, 0.2) is 0 Å². The summed E-state index contributed by atoms with van der Waals surface area (Å²) in [4.78, 5) is 24.4. The van der Waals surface area contributed by atoms with Crippen molar-refractivity contribution in [3.63, 3.8) is 0 Å². The van der Waals surface area contributed by atoms with Crippen molar-refractivity contribution in [1.29, 1.82) is 0 Å². The smallest absolute Gasteiger partial charge is 0.267 e. The summed E-state index contributed by atoms with van der Waals surface area (Å²) in [6.45, 7) is 1.19. The van der Waals surface area contributed by atoms with Gasteiger partial charge in [-0.1, -0.05) is 12.1 Å². The van der Waals surface area contributed by atoms with Crippen LogP contribution in [-0.2, 0) is 7.05 Å².